The molecule has 4 rings (SSSR count). The van der Waals surface area contributed by atoms with Crippen molar-refractivity contribution in [1.82, 2.24) is 25.0 Å². The van der Waals surface area contributed by atoms with Crippen molar-refractivity contribution in [3.8, 4) is 0 Å². The summed E-state index contributed by atoms with van der Waals surface area (Å²) in [5, 5.41) is 6.12. The first-order chi connectivity index (χ1) is 11.5. The number of fused-ring (bicyclic) bond motifs is 2. The second kappa shape index (κ2) is 7.88. The summed E-state index contributed by atoms with van der Waals surface area (Å²) in [6.45, 7) is 13.0. The molecule has 6 heteroatoms. The summed E-state index contributed by atoms with van der Waals surface area (Å²) in [4.78, 5) is 8.66. The van der Waals surface area contributed by atoms with Crippen LogP contribution in [0.1, 0.15) is 39.1 Å². The molecule has 0 saturated heterocycles. The molecule has 2 aromatic heterocycles. The van der Waals surface area contributed by atoms with Gasteiger partial charge in [0.1, 0.15) is 5.82 Å². The van der Waals surface area contributed by atoms with E-state index < -0.39 is 0 Å². The number of aliphatic imine (C=N–C) groups is 1. The second-order valence-corrected chi connectivity index (χ2v) is 5.44. The predicted molar refractivity (Wildman–Crippen MR) is 98.6 cm³/mol. The molecule has 2 aliphatic heterocycles. The maximum atomic E-state index is 4.36. The highest BCUT2D eigenvalue weighted by Crippen LogP contribution is 2.19. The number of hydrogen-bond donors (Lipinski definition) is 1. The van der Waals surface area contributed by atoms with E-state index in [1.165, 1.54) is 5.70 Å². The summed E-state index contributed by atoms with van der Waals surface area (Å²) in [6, 6.07) is 3.92. The molecule has 0 unspecified atom stereocenters. The maximum absolute atomic E-state index is 4.36. The van der Waals surface area contributed by atoms with E-state index in [0.29, 0.717) is 0 Å². The van der Waals surface area contributed by atoms with Gasteiger partial charge in [0.2, 0.25) is 0 Å². The smallest absolute Gasteiger partial charge is 0.155 e. The Morgan fingerprint density at radius 3 is 2.62 bits per heavy atom. The van der Waals surface area contributed by atoms with E-state index in [4.69, 9.17) is 0 Å². The van der Waals surface area contributed by atoms with E-state index in [1.807, 2.05) is 56.3 Å². The Morgan fingerprint density at radius 1 is 1.12 bits per heavy atom. The lowest BCUT2D eigenvalue weighted by Crippen LogP contribution is -2.31. The van der Waals surface area contributed by atoms with Crippen molar-refractivity contribution in [2.45, 2.75) is 41.5 Å². The van der Waals surface area contributed by atoms with Crippen LogP contribution >= 0.6 is 0 Å². The fourth-order valence-corrected chi connectivity index (χ4v) is 2.61. The van der Waals surface area contributed by atoms with Crippen LogP contribution in [0.4, 0.5) is 0 Å². The highest BCUT2D eigenvalue weighted by molar-refractivity contribution is 5.94. The third-order valence-electron chi connectivity index (χ3n) is 3.49. The molecule has 0 spiro atoms. The summed E-state index contributed by atoms with van der Waals surface area (Å²) in [5.41, 5.74) is 8.56. The molecule has 4 heterocycles. The highest BCUT2D eigenvalue weighted by Gasteiger charge is 2.18. The van der Waals surface area contributed by atoms with Crippen molar-refractivity contribution in [2.75, 3.05) is 6.54 Å². The standard InChI is InChI=1S/C8H11N3.C8H9N3.C2H6/c2*1-6-5-7(2)11-8(10-6)3-4-9-11;1-2/h3,5,9H,4H2,1-2H3;3-5H,1-2H3;1-2H3. The van der Waals surface area contributed by atoms with Gasteiger partial charge in [-0.15, -0.1) is 0 Å². The molecule has 0 bridgehead atoms. The van der Waals surface area contributed by atoms with Crippen molar-refractivity contribution in [2.24, 2.45) is 4.99 Å². The van der Waals surface area contributed by atoms with E-state index in [2.05, 4.69) is 39.6 Å². The lowest BCUT2D eigenvalue weighted by molar-refractivity contribution is 0.350. The van der Waals surface area contributed by atoms with E-state index in [1.54, 1.807) is 6.20 Å². The quantitative estimate of drug-likeness (QED) is 0.806. The number of hydrazine groups is 1. The molecule has 0 radical (unpaired) electrons. The van der Waals surface area contributed by atoms with Crippen LogP contribution in [-0.4, -0.2) is 31.9 Å². The third kappa shape index (κ3) is 3.89. The van der Waals surface area contributed by atoms with Crippen molar-refractivity contribution in [1.29, 1.82) is 0 Å². The lowest BCUT2D eigenvalue weighted by Gasteiger charge is -2.23. The van der Waals surface area contributed by atoms with Crippen LogP contribution in [0.3, 0.4) is 0 Å². The van der Waals surface area contributed by atoms with Crippen LogP contribution in [0.5, 0.6) is 0 Å². The van der Waals surface area contributed by atoms with E-state index in [9.17, 15) is 0 Å². The molecule has 0 aromatic carbocycles. The normalized spacial score (nSPS) is 15.4. The Bertz CT molecular complexity index is 797. The first-order valence-corrected chi connectivity index (χ1v) is 8.30. The Kier molecular flexibility index (Phi) is 5.87. The minimum atomic E-state index is 0.886. The summed E-state index contributed by atoms with van der Waals surface area (Å²) in [5.74, 6) is 1.03. The molecule has 0 amide bonds. The highest BCUT2D eigenvalue weighted by atomic mass is 15.6. The van der Waals surface area contributed by atoms with Crippen LogP contribution in [0.25, 0.3) is 5.65 Å². The molecular weight excluding hydrogens is 300 g/mol. The summed E-state index contributed by atoms with van der Waals surface area (Å²) < 4.78 is 1.83. The zero-order chi connectivity index (χ0) is 17.7. The fourth-order valence-electron chi connectivity index (χ4n) is 2.61. The van der Waals surface area contributed by atoms with E-state index >= 15 is 0 Å². The molecule has 1 N–H and O–H groups in total. The number of hydrogen-bond acceptors (Lipinski definition) is 5. The molecule has 24 heavy (non-hydrogen) atoms. The van der Waals surface area contributed by atoms with Gasteiger partial charge in [0.15, 0.2) is 5.65 Å². The molecule has 0 atom stereocenters. The molecule has 6 nitrogen and oxygen atoms in total. The Morgan fingerprint density at radius 2 is 1.88 bits per heavy atom. The number of nitrogens with one attached hydrogen (secondary N) is 1. The monoisotopic (exact) mass is 326 g/mol. The van der Waals surface area contributed by atoms with Crippen molar-refractivity contribution in [3.05, 3.63) is 53.4 Å². The van der Waals surface area contributed by atoms with Crippen molar-refractivity contribution >= 4 is 11.4 Å². The number of aryl methyl sites for hydroxylation is 2. The number of allylic oxidation sites excluding steroid dienone is 2. The third-order valence-corrected chi connectivity index (χ3v) is 3.49. The number of rotatable bonds is 0. The van der Waals surface area contributed by atoms with Crippen LogP contribution < -0.4 is 5.43 Å². The van der Waals surface area contributed by atoms with Gasteiger partial charge in [-0.1, -0.05) is 13.8 Å². The zero-order valence-electron chi connectivity index (χ0n) is 15.3. The van der Waals surface area contributed by atoms with Gasteiger partial charge in [-0.05, 0) is 45.9 Å². The molecule has 128 valence electrons. The molecule has 0 saturated carbocycles. The van der Waals surface area contributed by atoms with Gasteiger partial charge in [-0.2, -0.15) is 5.10 Å². The molecule has 2 aromatic rings. The summed E-state index contributed by atoms with van der Waals surface area (Å²) in [6.07, 6.45) is 5.91. The topological polar surface area (TPSA) is 57.8 Å². The number of nitrogens with zero attached hydrogens (tertiary/aromatic N) is 5. The summed E-state index contributed by atoms with van der Waals surface area (Å²) >= 11 is 0. The van der Waals surface area contributed by atoms with Gasteiger partial charge in [0.25, 0.3) is 0 Å². The van der Waals surface area contributed by atoms with Gasteiger partial charge in [-0.3, -0.25) is 5.01 Å². The largest absolute Gasteiger partial charge is 0.264 e. The van der Waals surface area contributed by atoms with Gasteiger partial charge < -0.3 is 0 Å². The molecule has 2 aliphatic rings. The van der Waals surface area contributed by atoms with Crippen LogP contribution in [0.2, 0.25) is 0 Å². The average molecular weight is 326 g/mol. The first-order valence-electron chi connectivity index (χ1n) is 8.30. The molecule has 0 fully saturated rings. The van der Waals surface area contributed by atoms with Gasteiger partial charge >= 0.3 is 0 Å². The summed E-state index contributed by atoms with van der Waals surface area (Å²) in [7, 11) is 0. The van der Waals surface area contributed by atoms with E-state index in [0.717, 1.165) is 35.1 Å². The molecular formula is C18H26N6. The minimum Gasteiger partial charge on any atom is -0.264 e. The average Bonchev–Trinajstić information content (AvgIpc) is 3.18. The SMILES string of the molecule is CC.CC1=CC(C)=NC2=CCNN12.Cc1cc(C)n2nccc2n1. The zero-order valence-corrected chi connectivity index (χ0v) is 15.3. The Hall–Kier alpha value is -2.47. The van der Waals surface area contributed by atoms with Crippen molar-refractivity contribution in [3.63, 3.8) is 0 Å². The Balaban J connectivity index is 0.000000158. The van der Waals surface area contributed by atoms with Gasteiger partial charge in [0, 0.05) is 35.4 Å². The van der Waals surface area contributed by atoms with Crippen LogP contribution in [-0.2, 0) is 0 Å². The first kappa shape index (κ1) is 17.9. The van der Waals surface area contributed by atoms with E-state index in [-0.39, 0.29) is 0 Å². The maximum Gasteiger partial charge on any atom is 0.155 e. The van der Waals surface area contributed by atoms with Crippen LogP contribution in [0, 0.1) is 13.8 Å². The predicted octanol–water partition coefficient (Wildman–Crippen LogP) is 3.40. The van der Waals surface area contributed by atoms with Gasteiger partial charge in [-0.25, -0.2) is 19.9 Å². The van der Waals surface area contributed by atoms with Gasteiger partial charge in [0.05, 0.1) is 6.20 Å². The number of aromatic nitrogens is 3. The minimum absolute atomic E-state index is 0.886. The second-order valence-electron chi connectivity index (χ2n) is 5.44. The molecule has 0 aliphatic carbocycles. The van der Waals surface area contributed by atoms with Crippen LogP contribution in [0.15, 0.2) is 47.0 Å². The van der Waals surface area contributed by atoms with Crippen molar-refractivity contribution < 1.29 is 0 Å². The fraction of sp³-hybridized carbons (Fsp3) is 0.389. The Labute approximate surface area is 143 Å². The lowest BCUT2D eigenvalue weighted by atomic mass is 10.3.